The second kappa shape index (κ2) is 6.69. The zero-order valence-electron chi connectivity index (χ0n) is 14.1. The Hall–Kier alpha value is -1.91. The molecule has 0 radical (unpaired) electrons. The number of benzene rings is 1. The van der Waals surface area contributed by atoms with Gasteiger partial charge in [-0.25, -0.2) is 0 Å². The van der Waals surface area contributed by atoms with Gasteiger partial charge < -0.3 is 20.1 Å². The lowest BCUT2D eigenvalue weighted by atomic mass is 9.78. The van der Waals surface area contributed by atoms with Crippen molar-refractivity contribution in [1.29, 1.82) is 0 Å². The van der Waals surface area contributed by atoms with Crippen LogP contribution in [-0.2, 0) is 4.79 Å². The van der Waals surface area contributed by atoms with Gasteiger partial charge in [-0.3, -0.25) is 4.79 Å². The van der Waals surface area contributed by atoms with Crippen LogP contribution in [0, 0.1) is 11.8 Å². The number of carbonyl (C=O) groups excluding carboxylic acids is 1. The van der Waals surface area contributed by atoms with E-state index in [4.69, 9.17) is 9.47 Å². The Morgan fingerprint density at radius 1 is 1.22 bits per heavy atom. The molecule has 0 aromatic heterocycles. The molecule has 2 N–H and O–H groups in total. The average Bonchev–Trinajstić information content (AvgIpc) is 2.99. The van der Waals surface area contributed by atoms with Crippen molar-refractivity contribution < 1.29 is 14.3 Å². The molecule has 3 rings (SSSR count). The second-order valence-electron chi connectivity index (χ2n) is 6.82. The predicted octanol–water partition coefficient (Wildman–Crippen LogP) is 3.16. The number of carbonyl (C=O) groups is 1. The largest absolute Gasteiger partial charge is 0.454 e. The van der Waals surface area contributed by atoms with E-state index in [1.54, 1.807) is 0 Å². The van der Waals surface area contributed by atoms with Crippen molar-refractivity contribution >= 4 is 11.6 Å². The van der Waals surface area contributed by atoms with E-state index in [1.165, 1.54) is 12.8 Å². The second-order valence-corrected chi connectivity index (χ2v) is 6.82. The van der Waals surface area contributed by atoms with Crippen molar-refractivity contribution in [2.45, 2.75) is 52.1 Å². The fraction of sp³-hybridized carbons (Fsp3) is 0.611. The van der Waals surface area contributed by atoms with Crippen LogP contribution in [0.4, 0.5) is 5.69 Å². The molecule has 1 aliphatic heterocycles. The van der Waals surface area contributed by atoms with Crippen LogP contribution in [-0.4, -0.2) is 24.8 Å². The molecule has 5 heteroatoms. The number of ether oxygens (including phenoxy) is 2. The van der Waals surface area contributed by atoms with Crippen molar-refractivity contribution in [3.05, 3.63) is 18.2 Å². The molecule has 0 saturated heterocycles. The normalized spacial score (nSPS) is 27.3. The van der Waals surface area contributed by atoms with Gasteiger partial charge >= 0.3 is 0 Å². The van der Waals surface area contributed by atoms with Gasteiger partial charge in [-0.15, -0.1) is 0 Å². The van der Waals surface area contributed by atoms with E-state index in [1.807, 2.05) is 25.1 Å². The molecule has 126 valence electrons. The highest BCUT2D eigenvalue weighted by Crippen LogP contribution is 2.34. The Kier molecular flexibility index (Phi) is 4.64. The maximum atomic E-state index is 12.5. The van der Waals surface area contributed by atoms with Crippen molar-refractivity contribution in [3.8, 4) is 11.5 Å². The van der Waals surface area contributed by atoms with E-state index >= 15 is 0 Å². The van der Waals surface area contributed by atoms with Crippen LogP contribution < -0.4 is 20.1 Å². The van der Waals surface area contributed by atoms with Gasteiger partial charge in [0.05, 0.1) is 0 Å². The first-order valence-electron chi connectivity index (χ1n) is 8.51. The number of fused-ring (bicyclic) bond motifs is 1. The van der Waals surface area contributed by atoms with Crippen LogP contribution in [0.2, 0.25) is 0 Å². The van der Waals surface area contributed by atoms with E-state index < -0.39 is 0 Å². The van der Waals surface area contributed by atoms with Gasteiger partial charge in [0.25, 0.3) is 0 Å². The Bertz CT molecular complexity index is 575. The summed E-state index contributed by atoms with van der Waals surface area (Å²) in [6.45, 7) is 6.66. The van der Waals surface area contributed by atoms with Crippen LogP contribution in [0.25, 0.3) is 0 Å². The van der Waals surface area contributed by atoms with Crippen LogP contribution in [0.5, 0.6) is 11.5 Å². The van der Waals surface area contributed by atoms with Gasteiger partial charge in [-0.05, 0) is 37.3 Å². The van der Waals surface area contributed by atoms with Crippen molar-refractivity contribution in [1.82, 2.24) is 5.32 Å². The maximum absolute atomic E-state index is 12.5. The lowest BCUT2D eigenvalue weighted by Gasteiger charge is -2.35. The van der Waals surface area contributed by atoms with Gasteiger partial charge in [0, 0.05) is 17.8 Å². The van der Waals surface area contributed by atoms with Crippen LogP contribution in [0.1, 0.15) is 40.0 Å². The predicted molar refractivity (Wildman–Crippen MR) is 89.8 cm³/mol. The number of amides is 1. The summed E-state index contributed by atoms with van der Waals surface area (Å²) >= 11 is 0. The molecule has 5 nitrogen and oxygen atoms in total. The fourth-order valence-corrected chi connectivity index (χ4v) is 3.40. The van der Waals surface area contributed by atoms with Gasteiger partial charge in [-0.2, -0.15) is 0 Å². The SMILES string of the molecule is C[C@@H]1[C@@H](C)CCC[C@H]1NC(=O)[C@H](C)Nc1ccc2c(c1)OCO2. The molecule has 1 fully saturated rings. The molecule has 1 amide bonds. The summed E-state index contributed by atoms with van der Waals surface area (Å²) in [4.78, 5) is 12.5. The summed E-state index contributed by atoms with van der Waals surface area (Å²) in [5.74, 6) is 2.72. The van der Waals surface area contributed by atoms with Crippen LogP contribution in [0.15, 0.2) is 18.2 Å². The monoisotopic (exact) mass is 318 g/mol. The molecule has 1 aromatic carbocycles. The number of hydrogen-bond donors (Lipinski definition) is 2. The third kappa shape index (κ3) is 3.54. The van der Waals surface area contributed by atoms with Gasteiger partial charge in [0.1, 0.15) is 6.04 Å². The minimum Gasteiger partial charge on any atom is -0.454 e. The zero-order chi connectivity index (χ0) is 16.4. The maximum Gasteiger partial charge on any atom is 0.242 e. The minimum absolute atomic E-state index is 0.0496. The van der Waals surface area contributed by atoms with Gasteiger partial charge in [0.15, 0.2) is 11.5 Å². The highest BCUT2D eigenvalue weighted by atomic mass is 16.7. The number of nitrogens with one attached hydrogen (secondary N) is 2. The molecule has 23 heavy (non-hydrogen) atoms. The molecule has 4 atom stereocenters. The molecule has 2 aliphatic rings. The third-order valence-corrected chi connectivity index (χ3v) is 5.18. The molecular formula is C18H26N2O3. The van der Waals surface area contributed by atoms with Gasteiger partial charge in [0.2, 0.25) is 12.7 Å². The minimum atomic E-state index is -0.292. The molecular weight excluding hydrogens is 292 g/mol. The molecule has 0 bridgehead atoms. The van der Waals surface area contributed by atoms with Crippen LogP contribution >= 0.6 is 0 Å². The van der Waals surface area contributed by atoms with E-state index in [-0.39, 0.29) is 24.8 Å². The topological polar surface area (TPSA) is 59.6 Å². The molecule has 1 aromatic rings. The third-order valence-electron chi connectivity index (χ3n) is 5.18. The number of anilines is 1. The van der Waals surface area contributed by atoms with Gasteiger partial charge in [-0.1, -0.05) is 26.7 Å². The van der Waals surface area contributed by atoms with E-state index in [2.05, 4.69) is 24.5 Å². The molecule has 1 heterocycles. The summed E-state index contributed by atoms with van der Waals surface area (Å²) in [7, 11) is 0. The smallest absolute Gasteiger partial charge is 0.242 e. The van der Waals surface area contributed by atoms with Crippen molar-refractivity contribution in [2.75, 3.05) is 12.1 Å². The van der Waals surface area contributed by atoms with Crippen LogP contribution in [0.3, 0.4) is 0 Å². The number of hydrogen-bond acceptors (Lipinski definition) is 4. The molecule has 0 spiro atoms. The molecule has 0 unspecified atom stereocenters. The first-order chi connectivity index (χ1) is 11.0. The summed E-state index contributed by atoms with van der Waals surface area (Å²) in [5, 5.41) is 6.45. The van der Waals surface area contributed by atoms with Crippen molar-refractivity contribution in [2.24, 2.45) is 11.8 Å². The summed E-state index contributed by atoms with van der Waals surface area (Å²) < 4.78 is 10.7. The molecule has 1 aliphatic carbocycles. The average molecular weight is 318 g/mol. The lowest BCUT2D eigenvalue weighted by Crippen LogP contribution is -2.48. The Morgan fingerprint density at radius 3 is 2.83 bits per heavy atom. The lowest BCUT2D eigenvalue weighted by molar-refractivity contribution is -0.122. The summed E-state index contributed by atoms with van der Waals surface area (Å²) in [5.41, 5.74) is 0.863. The Balaban J connectivity index is 1.57. The Labute approximate surface area is 137 Å². The zero-order valence-corrected chi connectivity index (χ0v) is 14.1. The number of rotatable bonds is 4. The quantitative estimate of drug-likeness (QED) is 0.895. The van der Waals surface area contributed by atoms with E-state index in [0.717, 1.165) is 23.6 Å². The van der Waals surface area contributed by atoms with E-state index in [0.29, 0.717) is 11.8 Å². The summed E-state index contributed by atoms with van der Waals surface area (Å²) in [6, 6.07) is 5.63. The van der Waals surface area contributed by atoms with Crippen molar-refractivity contribution in [3.63, 3.8) is 0 Å². The highest BCUT2D eigenvalue weighted by Gasteiger charge is 2.29. The van der Waals surface area contributed by atoms with E-state index in [9.17, 15) is 4.79 Å². The Morgan fingerprint density at radius 2 is 2.00 bits per heavy atom. The standard InChI is InChI=1S/C18H26N2O3/c1-11-5-4-6-15(12(11)2)20-18(21)13(3)19-14-7-8-16-17(9-14)23-10-22-16/h7-9,11-13,15,19H,4-6,10H2,1-3H3,(H,20,21)/t11-,12+,13-,15+/m0/s1. The highest BCUT2D eigenvalue weighted by molar-refractivity contribution is 5.84. The first kappa shape index (κ1) is 16.0. The molecule has 1 saturated carbocycles. The fourth-order valence-electron chi connectivity index (χ4n) is 3.40. The summed E-state index contributed by atoms with van der Waals surface area (Å²) in [6.07, 6.45) is 3.53. The first-order valence-corrected chi connectivity index (χ1v) is 8.51.